The van der Waals surface area contributed by atoms with Gasteiger partial charge in [0.15, 0.2) is 11.7 Å². The van der Waals surface area contributed by atoms with Crippen LogP contribution in [0.15, 0.2) is 24.3 Å². The molecule has 0 spiro atoms. The number of hydrogen-bond acceptors (Lipinski definition) is 4. The zero-order valence-electron chi connectivity index (χ0n) is 11.4. The molecule has 0 aromatic heterocycles. The molecule has 0 radical (unpaired) electrons. The van der Waals surface area contributed by atoms with Crippen molar-refractivity contribution in [1.29, 1.82) is 0 Å². The van der Waals surface area contributed by atoms with E-state index in [9.17, 15) is 9.59 Å². The number of carbonyl (C=O) groups excluding carboxylic acids is 2. The molecule has 1 aromatic rings. The van der Waals surface area contributed by atoms with Gasteiger partial charge in [-0.2, -0.15) is 0 Å². The number of amides is 2. The lowest BCUT2D eigenvalue weighted by Gasteiger charge is -2.11. The van der Waals surface area contributed by atoms with Crippen molar-refractivity contribution in [2.45, 2.75) is 20.3 Å². The molecular weight excluding hydrogens is 278 g/mol. The van der Waals surface area contributed by atoms with Crippen LogP contribution in [-0.4, -0.2) is 23.5 Å². The van der Waals surface area contributed by atoms with Crippen LogP contribution in [0.2, 0.25) is 0 Å². The van der Waals surface area contributed by atoms with Gasteiger partial charge in [-0.1, -0.05) is 25.1 Å². The summed E-state index contributed by atoms with van der Waals surface area (Å²) in [6, 6.07) is 7.38. The average Bonchev–Trinajstić information content (AvgIpc) is 2.44. The van der Waals surface area contributed by atoms with Gasteiger partial charge in [0.25, 0.3) is 5.91 Å². The summed E-state index contributed by atoms with van der Waals surface area (Å²) in [6.45, 7) is 3.44. The molecule has 0 fully saturated rings. The second kappa shape index (κ2) is 8.11. The zero-order chi connectivity index (χ0) is 15.0. The zero-order valence-corrected chi connectivity index (χ0v) is 12.2. The van der Waals surface area contributed by atoms with Gasteiger partial charge in [0.2, 0.25) is 5.91 Å². The number of para-hydroxylation sites is 1. The Morgan fingerprint density at radius 3 is 2.55 bits per heavy atom. The second-order valence-corrected chi connectivity index (χ2v) is 4.37. The van der Waals surface area contributed by atoms with Crippen LogP contribution in [0.4, 0.5) is 0 Å². The Balaban J connectivity index is 2.29. The van der Waals surface area contributed by atoms with Crippen LogP contribution in [0.3, 0.4) is 0 Å². The number of benzene rings is 1. The Labute approximate surface area is 122 Å². The molecular formula is C13H17N3O3S. The van der Waals surface area contributed by atoms with E-state index in [1.54, 1.807) is 13.0 Å². The highest BCUT2D eigenvalue weighted by Gasteiger charge is 2.06. The smallest absolute Gasteiger partial charge is 0.276 e. The van der Waals surface area contributed by atoms with Gasteiger partial charge < -0.3 is 10.1 Å². The molecule has 2 amide bonds. The minimum atomic E-state index is -0.402. The van der Waals surface area contributed by atoms with Crippen LogP contribution >= 0.6 is 12.2 Å². The van der Waals surface area contributed by atoms with Crippen LogP contribution in [0.25, 0.3) is 0 Å². The fourth-order valence-corrected chi connectivity index (χ4v) is 1.44. The summed E-state index contributed by atoms with van der Waals surface area (Å²) in [5, 5.41) is 2.44. The number of hydrogen-bond donors (Lipinski definition) is 3. The van der Waals surface area contributed by atoms with Crippen LogP contribution in [0, 0.1) is 6.92 Å². The van der Waals surface area contributed by atoms with Gasteiger partial charge in [0.1, 0.15) is 5.75 Å². The second-order valence-electron chi connectivity index (χ2n) is 3.96. The first kappa shape index (κ1) is 15.9. The van der Waals surface area contributed by atoms with E-state index in [4.69, 9.17) is 17.0 Å². The van der Waals surface area contributed by atoms with Gasteiger partial charge in [0, 0.05) is 6.42 Å². The first-order chi connectivity index (χ1) is 9.52. The van der Waals surface area contributed by atoms with E-state index in [0.717, 1.165) is 5.56 Å². The predicted octanol–water partition coefficient (Wildman–Crippen LogP) is 0.806. The molecule has 108 valence electrons. The summed E-state index contributed by atoms with van der Waals surface area (Å²) in [5.41, 5.74) is 5.69. The topological polar surface area (TPSA) is 79.5 Å². The van der Waals surface area contributed by atoms with E-state index in [0.29, 0.717) is 12.2 Å². The van der Waals surface area contributed by atoms with Crippen molar-refractivity contribution in [2.24, 2.45) is 0 Å². The molecule has 0 aliphatic heterocycles. The molecule has 7 heteroatoms. The van der Waals surface area contributed by atoms with Crippen molar-refractivity contribution in [1.82, 2.24) is 16.2 Å². The van der Waals surface area contributed by atoms with Gasteiger partial charge in [-0.05, 0) is 30.8 Å². The van der Waals surface area contributed by atoms with E-state index >= 15 is 0 Å². The summed E-state index contributed by atoms with van der Waals surface area (Å²) < 4.78 is 5.35. The number of thiocarbonyl (C=S) groups is 1. The summed E-state index contributed by atoms with van der Waals surface area (Å²) >= 11 is 4.81. The summed E-state index contributed by atoms with van der Waals surface area (Å²) in [5.74, 6) is 0.0128. The van der Waals surface area contributed by atoms with Crippen molar-refractivity contribution >= 4 is 29.1 Å². The average molecular weight is 295 g/mol. The van der Waals surface area contributed by atoms with Crippen LogP contribution in [-0.2, 0) is 9.59 Å². The summed E-state index contributed by atoms with van der Waals surface area (Å²) in [7, 11) is 0. The number of aryl methyl sites for hydroxylation is 1. The molecule has 0 saturated heterocycles. The highest BCUT2D eigenvalue weighted by molar-refractivity contribution is 7.80. The fourth-order valence-electron chi connectivity index (χ4n) is 1.27. The maximum atomic E-state index is 11.5. The molecule has 0 heterocycles. The van der Waals surface area contributed by atoms with Crippen molar-refractivity contribution < 1.29 is 14.3 Å². The lowest BCUT2D eigenvalue weighted by atomic mass is 10.2. The Morgan fingerprint density at radius 1 is 1.20 bits per heavy atom. The van der Waals surface area contributed by atoms with Crippen molar-refractivity contribution in [3.63, 3.8) is 0 Å². The molecule has 0 atom stereocenters. The first-order valence-electron chi connectivity index (χ1n) is 6.10. The standard InChI is InChI=1S/C13H17N3O3S/c1-3-11(17)14-13(20)16-15-12(18)8-19-10-7-5-4-6-9(10)2/h4-7H,3,8H2,1-2H3,(H,15,18)(H2,14,16,17,20). The fraction of sp³-hybridized carbons (Fsp3) is 0.308. The van der Waals surface area contributed by atoms with E-state index in [1.165, 1.54) is 0 Å². The van der Waals surface area contributed by atoms with E-state index < -0.39 is 5.91 Å². The molecule has 0 aliphatic rings. The van der Waals surface area contributed by atoms with Crippen LogP contribution in [0.1, 0.15) is 18.9 Å². The molecule has 0 saturated carbocycles. The highest BCUT2D eigenvalue weighted by atomic mass is 32.1. The Morgan fingerprint density at radius 2 is 1.90 bits per heavy atom. The number of nitrogens with one attached hydrogen (secondary N) is 3. The van der Waals surface area contributed by atoms with Gasteiger partial charge in [-0.15, -0.1) is 0 Å². The number of carbonyl (C=O) groups is 2. The quantitative estimate of drug-likeness (QED) is 0.566. The maximum absolute atomic E-state index is 11.5. The van der Waals surface area contributed by atoms with Crippen molar-refractivity contribution in [3.05, 3.63) is 29.8 Å². The normalized spacial score (nSPS) is 9.50. The summed E-state index contributed by atoms with van der Waals surface area (Å²) in [6.07, 6.45) is 0.312. The van der Waals surface area contributed by atoms with Gasteiger partial charge in [0.05, 0.1) is 0 Å². The third-order valence-electron chi connectivity index (χ3n) is 2.34. The Kier molecular flexibility index (Phi) is 6.45. The van der Waals surface area contributed by atoms with E-state index in [-0.39, 0.29) is 17.6 Å². The third-order valence-corrected chi connectivity index (χ3v) is 2.55. The van der Waals surface area contributed by atoms with Crippen molar-refractivity contribution in [2.75, 3.05) is 6.61 Å². The predicted molar refractivity (Wildman–Crippen MR) is 79.0 cm³/mol. The van der Waals surface area contributed by atoms with Crippen molar-refractivity contribution in [3.8, 4) is 5.75 Å². The molecule has 20 heavy (non-hydrogen) atoms. The van der Waals surface area contributed by atoms with Crippen LogP contribution < -0.4 is 20.9 Å². The largest absolute Gasteiger partial charge is 0.483 e. The lowest BCUT2D eigenvalue weighted by Crippen LogP contribution is -2.49. The van der Waals surface area contributed by atoms with Gasteiger partial charge in [-0.25, -0.2) is 0 Å². The molecule has 3 N–H and O–H groups in total. The molecule has 1 rings (SSSR count). The molecule has 0 unspecified atom stereocenters. The maximum Gasteiger partial charge on any atom is 0.276 e. The first-order valence-corrected chi connectivity index (χ1v) is 6.50. The molecule has 6 nitrogen and oxygen atoms in total. The third kappa shape index (κ3) is 5.66. The monoisotopic (exact) mass is 295 g/mol. The van der Waals surface area contributed by atoms with Gasteiger partial charge >= 0.3 is 0 Å². The Hall–Kier alpha value is -2.15. The minimum absolute atomic E-state index is 0.0427. The number of rotatable bonds is 4. The van der Waals surface area contributed by atoms with E-state index in [1.807, 2.05) is 25.1 Å². The van der Waals surface area contributed by atoms with E-state index in [2.05, 4.69) is 16.2 Å². The minimum Gasteiger partial charge on any atom is -0.483 e. The number of ether oxygens (including phenoxy) is 1. The van der Waals surface area contributed by atoms with Gasteiger partial charge in [-0.3, -0.25) is 20.4 Å². The number of hydrazine groups is 1. The molecule has 1 aromatic carbocycles. The summed E-state index contributed by atoms with van der Waals surface area (Å²) in [4.78, 5) is 22.6. The SMILES string of the molecule is CCC(=O)NC(=S)NNC(=O)COc1ccccc1C. The Bertz CT molecular complexity index is 505. The lowest BCUT2D eigenvalue weighted by molar-refractivity contribution is -0.124. The molecule has 0 bridgehead atoms. The molecule has 0 aliphatic carbocycles. The highest BCUT2D eigenvalue weighted by Crippen LogP contribution is 2.15. The van der Waals surface area contributed by atoms with Crippen LogP contribution in [0.5, 0.6) is 5.75 Å².